The fourth-order valence-corrected chi connectivity index (χ4v) is 2.96. The molecule has 1 saturated heterocycles. The molecule has 4 nitrogen and oxygen atoms in total. The normalized spacial score (nSPS) is 37.9. The first kappa shape index (κ1) is 13.0. The quantitative estimate of drug-likeness (QED) is 0.589. The van der Waals surface area contributed by atoms with Gasteiger partial charge in [-0.1, -0.05) is 32.1 Å². The lowest BCUT2D eigenvalue weighted by Crippen LogP contribution is -2.47. The molecule has 18 heavy (non-hydrogen) atoms. The number of allylic oxidation sites excluding steroid dienone is 1. The van der Waals surface area contributed by atoms with Gasteiger partial charge in [0.15, 0.2) is 0 Å². The SMILES string of the molecule is C=CCN1C(=O)[C@H]2[C@H](C1=O)[C@](C)(O)C=CC2(C)C. The van der Waals surface area contributed by atoms with Crippen molar-refractivity contribution in [3.63, 3.8) is 0 Å². The first-order chi connectivity index (χ1) is 8.22. The number of aliphatic hydroxyl groups is 1. The maximum atomic E-state index is 12.4. The van der Waals surface area contributed by atoms with Crippen LogP contribution in [0.15, 0.2) is 24.8 Å². The Labute approximate surface area is 107 Å². The molecule has 0 aromatic heterocycles. The minimum Gasteiger partial charge on any atom is -0.385 e. The van der Waals surface area contributed by atoms with Gasteiger partial charge in [0.1, 0.15) is 0 Å². The summed E-state index contributed by atoms with van der Waals surface area (Å²) in [6, 6.07) is 0. The summed E-state index contributed by atoms with van der Waals surface area (Å²) in [5, 5.41) is 10.3. The molecule has 0 aromatic rings. The molecule has 2 rings (SSSR count). The molecule has 0 unspecified atom stereocenters. The van der Waals surface area contributed by atoms with Crippen LogP contribution in [0.5, 0.6) is 0 Å². The number of likely N-dealkylation sites (tertiary alicyclic amines) is 1. The Morgan fingerprint density at radius 3 is 2.33 bits per heavy atom. The predicted molar refractivity (Wildman–Crippen MR) is 67.4 cm³/mol. The van der Waals surface area contributed by atoms with E-state index in [1.165, 1.54) is 11.0 Å². The maximum Gasteiger partial charge on any atom is 0.236 e. The Morgan fingerprint density at radius 1 is 1.28 bits per heavy atom. The van der Waals surface area contributed by atoms with E-state index in [-0.39, 0.29) is 18.4 Å². The third-order valence-corrected chi connectivity index (χ3v) is 3.99. The zero-order valence-corrected chi connectivity index (χ0v) is 11.0. The lowest BCUT2D eigenvalue weighted by atomic mass is 9.63. The average molecular weight is 249 g/mol. The van der Waals surface area contributed by atoms with Crippen LogP contribution in [0, 0.1) is 17.3 Å². The fourth-order valence-electron chi connectivity index (χ4n) is 2.96. The molecule has 0 radical (unpaired) electrons. The van der Waals surface area contributed by atoms with Crippen LogP contribution >= 0.6 is 0 Å². The molecule has 0 saturated carbocycles. The van der Waals surface area contributed by atoms with Crippen LogP contribution in [0.4, 0.5) is 0 Å². The molecule has 98 valence electrons. The predicted octanol–water partition coefficient (Wildman–Crippen LogP) is 1.12. The van der Waals surface area contributed by atoms with Crippen molar-refractivity contribution in [3.05, 3.63) is 24.8 Å². The number of hydrogen-bond donors (Lipinski definition) is 1. The maximum absolute atomic E-state index is 12.4. The van der Waals surface area contributed by atoms with Crippen molar-refractivity contribution in [1.82, 2.24) is 4.90 Å². The van der Waals surface area contributed by atoms with E-state index in [0.717, 1.165) is 0 Å². The Bertz CT molecular complexity index is 412. The average Bonchev–Trinajstić information content (AvgIpc) is 2.52. The molecule has 1 heterocycles. The van der Waals surface area contributed by atoms with E-state index in [2.05, 4.69) is 6.58 Å². The Balaban J connectivity index is 2.51. The highest BCUT2D eigenvalue weighted by Gasteiger charge is 2.60. The molecule has 3 atom stereocenters. The van der Waals surface area contributed by atoms with E-state index < -0.39 is 22.9 Å². The Hall–Kier alpha value is -1.42. The van der Waals surface area contributed by atoms with Crippen molar-refractivity contribution in [2.45, 2.75) is 26.4 Å². The zero-order chi connectivity index (χ0) is 13.7. The number of carbonyl (C=O) groups is 2. The van der Waals surface area contributed by atoms with E-state index >= 15 is 0 Å². The van der Waals surface area contributed by atoms with Gasteiger partial charge < -0.3 is 5.11 Å². The number of hydrogen-bond acceptors (Lipinski definition) is 3. The Morgan fingerprint density at radius 2 is 1.83 bits per heavy atom. The highest BCUT2D eigenvalue weighted by molar-refractivity contribution is 6.06. The van der Waals surface area contributed by atoms with Crippen molar-refractivity contribution in [2.75, 3.05) is 6.54 Å². The summed E-state index contributed by atoms with van der Waals surface area (Å²) in [4.78, 5) is 25.9. The van der Waals surface area contributed by atoms with Gasteiger partial charge in [-0.05, 0) is 12.3 Å². The molecule has 4 heteroatoms. The summed E-state index contributed by atoms with van der Waals surface area (Å²) in [5.74, 6) is -1.69. The second-order valence-electron chi connectivity index (χ2n) is 5.91. The summed E-state index contributed by atoms with van der Waals surface area (Å²) >= 11 is 0. The molecule has 2 amide bonds. The number of rotatable bonds is 2. The molecule has 2 aliphatic rings. The van der Waals surface area contributed by atoms with E-state index in [0.29, 0.717) is 0 Å². The lowest BCUT2D eigenvalue weighted by Gasteiger charge is -2.40. The van der Waals surface area contributed by atoms with Crippen molar-refractivity contribution in [2.24, 2.45) is 17.3 Å². The van der Waals surface area contributed by atoms with E-state index in [1.807, 2.05) is 19.9 Å². The van der Waals surface area contributed by atoms with Crippen LogP contribution in [0.2, 0.25) is 0 Å². The van der Waals surface area contributed by atoms with Gasteiger partial charge in [-0.3, -0.25) is 14.5 Å². The summed E-state index contributed by atoms with van der Waals surface area (Å²) in [6.07, 6.45) is 5.00. The summed E-state index contributed by atoms with van der Waals surface area (Å²) in [5.41, 5.74) is -1.68. The van der Waals surface area contributed by atoms with Gasteiger partial charge in [-0.15, -0.1) is 6.58 Å². The molecule has 1 fully saturated rings. The van der Waals surface area contributed by atoms with E-state index in [1.54, 1.807) is 13.0 Å². The fraction of sp³-hybridized carbons (Fsp3) is 0.571. The third kappa shape index (κ3) is 1.63. The number of nitrogens with zero attached hydrogens (tertiary/aromatic N) is 1. The smallest absolute Gasteiger partial charge is 0.236 e. The van der Waals surface area contributed by atoms with Crippen LogP contribution in [-0.4, -0.2) is 34.0 Å². The minimum absolute atomic E-state index is 0.205. The van der Waals surface area contributed by atoms with Gasteiger partial charge in [-0.25, -0.2) is 0 Å². The topological polar surface area (TPSA) is 57.6 Å². The van der Waals surface area contributed by atoms with Gasteiger partial charge in [0.25, 0.3) is 0 Å². The van der Waals surface area contributed by atoms with E-state index in [4.69, 9.17) is 0 Å². The molecule has 0 spiro atoms. The monoisotopic (exact) mass is 249 g/mol. The molecular formula is C14H19NO3. The first-order valence-electron chi connectivity index (χ1n) is 6.11. The van der Waals surface area contributed by atoms with Crippen molar-refractivity contribution >= 4 is 11.8 Å². The van der Waals surface area contributed by atoms with Gasteiger partial charge in [0.2, 0.25) is 11.8 Å². The molecule has 1 aliphatic carbocycles. The standard InChI is InChI=1S/C14H19NO3/c1-5-8-15-11(16)9-10(12(15)17)14(4,18)7-6-13(9,2)3/h5-7,9-10,18H,1,8H2,2-4H3/t9-,10-,14-/m1/s1. The highest BCUT2D eigenvalue weighted by Crippen LogP contribution is 2.49. The summed E-state index contributed by atoms with van der Waals surface area (Å²) in [6.45, 7) is 9.18. The van der Waals surface area contributed by atoms with Crippen LogP contribution in [0.3, 0.4) is 0 Å². The van der Waals surface area contributed by atoms with Gasteiger partial charge in [-0.2, -0.15) is 0 Å². The second kappa shape index (κ2) is 3.79. The molecule has 1 aliphatic heterocycles. The summed E-state index contributed by atoms with van der Waals surface area (Å²) in [7, 11) is 0. The number of carbonyl (C=O) groups excluding carboxylic acids is 2. The minimum atomic E-state index is -1.26. The number of imide groups is 1. The van der Waals surface area contributed by atoms with Gasteiger partial charge in [0.05, 0.1) is 17.4 Å². The number of fused-ring (bicyclic) bond motifs is 1. The molecule has 1 N–H and O–H groups in total. The highest BCUT2D eigenvalue weighted by atomic mass is 16.3. The van der Waals surface area contributed by atoms with Crippen molar-refractivity contribution in [3.8, 4) is 0 Å². The zero-order valence-electron chi connectivity index (χ0n) is 11.0. The van der Waals surface area contributed by atoms with Crippen LogP contribution < -0.4 is 0 Å². The lowest BCUT2D eigenvalue weighted by molar-refractivity contribution is -0.140. The van der Waals surface area contributed by atoms with Crippen LogP contribution in [0.1, 0.15) is 20.8 Å². The Kier molecular flexibility index (Phi) is 2.74. The largest absolute Gasteiger partial charge is 0.385 e. The summed E-state index contributed by atoms with van der Waals surface area (Å²) < 4.78 is 0. The van der Waals surface area contributed by atoms with Crippen molar-refractivity contribution < 1.29 is 14.7 Å². The van der Waals surface area contributed by atoms with Gasteiger partial charge >= 0.3 is 0 Å². The van der Waals surface area contributed by atoms with Crippen LogP contribution in [-0.2, 0) is 9.59 Å². The third-order valence-electron chi connectivity index (χ3n) is 3.99. The molecule has 0 aromatic carbocycles. The first-order valence-corrected chi connectivity index (χ1v) is 6.11. The molecular weight excluding hydrogens is 230 g/mol. The van der Waals surface area contributed by atoms with Crippen molar-refractivity contribution in [1.29, 1.82) is 0 Å². The van der Waals surface area contributed by atoms with E-state index in [9.17, 15) is 14.7 Å². The number of amides is 2. The molecule has 0 bridgehead atoms. The second-order valence-corrected chi connectivity index (χ2v) is 5.91. The van der Waals surface area contributed by atoms with Gasteiger partial charge in [0, 0.05) is 6.54 Å². The van der Waals surface area contributed by atoms with Crippen LogP contribution in [0.25, 0.3) is 0 Å².